The molecule has 3 rings (SSSR count). The third-order valence-corrected chi connectivity index (χ3v) is 7.05. The van der Waals surface area contributed by atoms with Crippen molar-refractivity contribution in [3.8, 4) is 0 Å². The first-order valence-electron chi connectivity index (χ1n) is 12.4. The van der Waals surface area contributed by atoms with Crippen molar-refractivity contribution in [3.63, 3.8) is 0 Å². The maximum Gasteiger partial charge on any atom is 0.0468 e. The van der Waals surface area contributed by atoms with Gasteiger partial charge in [0.05, 0.1) is 0 Å². The molecule has 2 nitrogen and oxygen atoms in total. The summed E-state index contributed by atoms with van der Waals surface area (Å²) in [6.45, 7) is 20.0. The second-order valence-electron chi connectivity index (χ2n) is 10.1. The predicted molar refractivity (Wildman–Crippen MR) is 131 cm³/mol. The van der Waals surface area contributed by atoms with Gasteiger partial charge in [0.2, 0.25) is 0 Å². The minimum atomic E-state index is 0.182. The topological polar surface area (TPSA) is 12.5 Å². The highest BCUT2D eigenvalue weighted by Crippen LogP contribution is 2.35. The second-order valence-corrected chi connectivity index (χ2v) is 10.1. The van der Waals surface area contributed by atoms with Crippen LogP contribution < -0.4 is 0 Å². The summed E-state index contributed by atoms with van der Waals surface area (Å²) in [4.78, 5) is 2.76. The number of ether oxygens (including phenoxy) is 1. The molecule has 2 aliphatic rings. The average Bonchev–Trinajstić information content (AvgIpc) is 2.75. The molecule has 1 aromatic carbocycles. The number of benzene rings is 1. The van der Waals surface area contributed by atoms with Crippen LogP contribution in [0, 0.1) is 18.8 Å². The SMILES string of the molecule is CC.CC(C)=CC(CC(C)(C)c1ccc(C)cc1)N1CCC(C2CCOCC2)CC1. The van der Waals surface area contributed by atoms with Crippen LogP contribution in [0.1, 0.15) is 84.8 Å². The Morgan fingerprint density at radius 1 is 1.00 bits per heavy atom. The van der Waals surface area contributed by atoms with Crippen molar-refractivity contribution < 1.29 is 4.74 Å². The highest BCUT2D eigenvalue weighted by molar-refractivity contribution is 5.28. The number of hydrogen-bond donors (Lipinski definition) is 0. The van der Waals surface area contributed by atoms with Crippen LogP contribution in [0.25, 0.3) is 0 Å². The van der Waals surface area contributed by atoms with Crippen molar-refractivity contribution in [2.24, 2.45) is 11.8 Å². The molecule has 0 spiro atoms. The average molecular weight is 414 g/mol. The third kappa shape index (κ3) is 7.24. The Kier molecular flexibility index (Phi) is 10.1. The molecule has 0 aliphatic carbocycles. The van der Waals surface area contributed by atoms with E-state index in [2.05, 4.69) is 69.9 Å². The second kappa shape index (κ2) is 12.1. The van der Waals surface area contributed by atoms with Gasteiger partial charge in [0, 0.05) is 19.3 Å². The van der Waals surface area contributed by atoms with E-state index in [0.717, 1.165) is 25.0 Å². The maximum atomic E-state index is 5.58. The first kappa shape index (κ1) is 25.1. The number of aryl methyl sites for hydroxylation is 1. The lowest BCUT2D eigenvalue weighted by molar-refractivity contribution is 0.0260. The predicted octanol–water partition coefficient (Wildman–Crippen LogP) is 7.16. The summed E-state index contributed by atoms with van der Waals surface area (Å²) in [7, 11) is 0. The molecule has 170 valence electrons. The molecule has 30 heavy (non-hydrogen) atoms. The van der Waals surface area contributed by atoms with E-state index in [-0.39, 0.29) is 5.41 Å². The van der Waals surface area contributed by atoms with E-state index in [0.29, 0.717) is 6.04 Å². The van der Waals surface area contributed by atoms with E-state index in [4.69, 9.17) is 4.74 Å². The highest BCUT2D eigenvalue weighted by atomic mass is 16.5. The Bertz CT molecular complexity index is 627. The van der Waals surface area contributed by atoms with Crippen LogP contribution in [0.4, 0.5) is 0 Å². The lowest BCUT2D eigenvalue weighted by Crippen LogP contribution is -2.44. The summed E-state index contributed by atoms with van der Waals surface area (Å²) in [5.41, 5.74) is 4.43. The number of piperidine rings is 1. The first-order chi connectivity index (χ1) is 14.3. The van der Waals surface area contributed by atoms with E-state index < -0.39 is 0 Å². The molecule has 2 saturated heterocycles. The van der Waals surface area contributed by atoms with Crippen molar-refractivity contribution >= 4 is 0 Å². The molecule has 1 unspecified atom stereocenters. The van der Waals surface area contributed by atoms with E-state index in [1.165, 1.54) is 61.9 Å². The minimum Gasteiger partial charge on any atom is -0.381 e. The molecule has 0 radical (unpaired) electrons. The van der Waals surface area contributed by atoms with Gasteiger partial charge in [-0.25, -0.2) is 0 Å². The molecular weight excluding hydrogens is 366 g/mol. The van der Waals surface area contributed by atoms with Gasteiger partial charge in [-0.3, -0.25) is 4.90 Å². The van der Waals surface area contributed by atoms with Crippen LogP contribution in [0.2, 0.25) is 0 Å². The molecule has 2 heteroatoms. The van der Waals surface area contributed by atoms with Gasteiger partial charge >= 0.3 is 0 Å². The lowest BCUT2D eigenvalue weighted by Gasteiger charge is -2.42. The molecule has 0 aromatic heterocycles. The monoisotopic (exact) mass is 413 g/mol. The molecule has 1 atom stereocenters. The molecule has 2 aliphatic heterocycles. The van der Waals surface area contributed by atoms with Crippen LogP contribution in [0.3, 0.4) is 0 Å². The van der Waals surface area contributed by atoms with Gasteiger partial charge in [0.15, 0.2) is 0 Å². The van der Waals surface area contributed by atoms with Gasteiger partial charge in [-0.15, -0.1) is 0 Å². The Hall–Kier alpha value is -1.12. The number of rotatable bonds is 6. The van der Waals surface area contributed by atoms with Crippen molar-refractivity contribution in [2.45, 2.75) is 92.0 Å². The van der Waals surface area contributed by atoms with Crippen molar-refractivity contribution in [1.29, 1.82) is 0 Å². The molecule has 0 N–H and O–H groups in total. The Balaban J connectivity index is 0.00000155. The number of allylic oxidation sites excluding steroid dienone is 1. The first-order valence-corrected chi connectivity index (χ1v) is 12.4. The molecule has 0 saturated carbocycles. The maximum absolute atomic E-state index is 5.58. The van der Waals surface area contributed by atoms with Gasteiger partial charge in [-0.05, 0) is 88.8 Å². The Morgan fingerprint density at radius 2 is 1.53 bits per heavy atom. The van der Waals surface area contributed by atoms with E-state index in [1.54, 1.807) is 0 Å². The Labute approximate surface area is 187 Å². The summed E-state index contributed by atoms with van der Waals surface area (Å²) < 4.78 is 5.58. The fourth-order valence-electron chi connectivity index (χ4n) is 5.23. The smallest absolute Gasteiger partial charge is 0.0468 e. The zero-order valence-corrected chi connectivity index (χ0v) is 20.8. The fraction of sp³-hybridized carbons (Fsp3) is 0.714. The molecular formula is C28H47NO. The summed E-state index contributed by atoms with van der Waals surface area (Å²) >= 11 is 0. The molecule has 0 amide bonds. The number of nitrogens with zero attached hydrogens (tertiary/aromatic N) is 1. The normalized spacial score (nSPS) is 20.2. The molecule has 2 heterocycles. The van der Waals surface area contributed by atoms with Gasteiger partial charge in [0.1, 0.15) is 0 Å². The zero-order chi connectivity index (χ0) is 22.1. The fourth-order valence-corrected chi connectivity index (χ4v) is 5.23. The molecule has 2 fully saturated rings. The van der Waals surface area contributed by atoms with Crippen LogP contribution in [0.5, 0.6) is 0 Å². The van der Waals surface area contributed by atoms with Crippen LogP contribution in [-0.2, 0) is 10.2 Å². The van der Waals surface area contributed by atoms with Gasteiger partial charge < -0.3 is 4.74 Å². The number of likely N-dealkylation sites (tertiary alicyclic amines) is 1. The highest BCUT2D eigenvalue weighted by Gasteiger charge is 2.32. The van der Waals surface area contributed by atoms with Gasteiger partial charge in [0.25, 0.3) is 0 Å². The summed E-state index contributed by atoms with van der Waals surface area (Å²) in [6.07, 6.45) is 8.99. The summed E-state index contributed by atoms with van der Waals surface area (Å²) in [6, 6.07) is 9.70. The van der Waals surface area contributed by atoms with Crippen molar-refractivity contribution in [2.75, 3.05) is 26.3 Å². The van der Waals surface area contributed by atoms with Crippen LogP contribution in [-0.4, -0.2) is 37.2 Å². The van der Waals surface area contributed by atoms with Crippen molar-refractivity contribution in [1.82, 2.24) is 4.90 Å². The zero-order valence-electron chi connectivity index (χ0n) is 20.8. The quantitative estimate of drug-likeness (QED) is 0.459. The van der Waals surface area contributed by atoms with Gasteiger partial charge in [-0.1, -0.05) is 69.2 Å². The van der Waals surface area contributed by atoms with Crippen LogP contribution in [0.15, 0.2) is 35.9 Å². The summed E-state index contributed by atoms with van der Waals surface area (Å²) in [5.74, 6) is 1.82. The summed E-state index contributed by atoms with van der Waals surface area (Å²) in [5, 5.41) is 0. The molecule has 0 bridgehead atoms. The largest absolute Gasteiger partial charge is 0.381 e. The standard InChI is InChI=1S/C26H41NO.C2H6/c1-20(2)18-25(19-26(4,5)24-8-6-21(3)7-9-24)27-14-10-22(11-15-27)23-12-16-28-17-13-23;1-2/h6-9,18,22-23,25H,10-17,19H2,1-5H3;1-2H3. The van der Waals surface area contributed by atoms with Gasteiger partial charge in [-0.2, -0.15) is 0 Å². The third-order valence-electron chi connectivity index (χ3n) is 7.05. The lowest BCUT2D eigenvalue weighted by atomic mass is 9.76. The Morgan fingerprint density at radius 3 is 2.07 bits per heavy atom. The van der Waals surface area contributed by atoms with E-state index >= 15 is 0 Å². The minimum absolute atomic E-state index is 0.182. The van der Waals surface area contributed by atoms with E-state index in [9.17, 15) is 0 Å². The van der Waals surface area contributed by atoms with Crippen LogP contribution >= 0.6 is 0 Å². The van der Waals surface area contributed by atoms with E-state index in [1.807, 2.05) is 13.8 Å². The van der Waals surface area contributed by atoms with Crippen molar-refractivity contribution in [3.05, 3.63) is 47.0 Å². The number of hydrogen-bond acceptors (Lipinski definition) is 2. The molecule has 1 aromatic rings.